The molecule has 1 atom stereocenters. The van der Waals surface area contributed by atoms with E-state index in [0.29, 0.717) is 11.3 Å². The third-order valence-corrected chi connectivity index (χ3v) is 6.89. The van der Waals surface area contributed by atoms with Crippen LogP contribution in [0.25, 0.3) is 0 Å². The lowest BCUT2D eigenvalue weighted by Crippen LogP contribution is -2.30. The Morgan fingerprint density at radius 1 is 0.973 bits per heavy atom. The second-order valence-electron chi connectivity index (χ2n) is 8.44. The third-order valence-electron chi connectivity index (χ3n) is 5.52. The first-order valence-electron chi connectivity index (χ1n) is 11.3. The van der Waals surface area contributed by atoms with Gasteiger partial charge in [-0.3, -0.25) is 19.2 Å². The van der Waals surface area contributed by atoms with Gasteiger partial charge in [0.15, 0.2) is 5.82 Å². The molecule has 0 bridgehead atoms. The number of amides is 2. The van der Waals surface area contributed by atoms with Crippen molar-refractivity contribution in [2.24, 2.45) is 0 Å². The van der Waals surface area contributed by atoms with Crippen LogP contribution in [-0.4, -0.2) is 50.5 Å². The maximum atomic E-state index is 13.1. The van der Waals surface area contributed by atoms with Crippen LogP contribution >= 0.6 is 0 Å². The number of aromatic nitrogens is 2. The van der Waals surface area contributed by atoms with E-state index in [2.05, 4.69) is 14.7 Å². The minimum absolute atomic E-state index is 0.0161. The van der Waals surface area contributed by atoms with Gasteiger partial charge in [-0.2, -0.15) is 9.97 Å². The zero-order valence-corrected chi connectivity index (χ0v) is 21.5. The lowest BCUT2D eigenvalue weighted by molar-refractivity contribution is -0.121. The Kier molecular flexibility index (Phi) is 7.30. The molecule has 1 aliphatic rings. The molecule has 37 heavy (non-hydrogen) atoms. The van der Waals surface area contributed by atoms with E-state index in [1.165, 1.54) is 44.6 Å². The largest absolute Gasteiger partial charge is 0.491 e. The van der Waals surface area contributed by atoms with E-state index >= 15 is 0 Å². The van der Waals surface area contributed by atoms with E-state index in [1.807, 2.05) is 13.8 Å². The zero-order valence-electron chi connectivity index (χ0n) is 20.7. The summed E-state index contributed by atoms with van der Waals surface area (Å²) < 4.78 is 43.7. The summed E-state index contributed by atoms with van der Waals surface area (Å²) >= 11 is 0. The molecular formula is C25H26N4O7S. The fraction of sp³-hybridized carbons (Fsp3) is 0.280. The predicted molar refractivity (Wildman–Crippen MR) is 134 cm³/mol. The molecule has 0 aliphatic carbocycles. The average molecular weight is 527 g/mol. The molecule has 2 aromatic carbocycles. The number of nitrogens with zero attached hydrogens (tertiary/aromatic N) is 3. The minimum atomic E-state index is -4.05. The molecular weight excluding hydrogens is 500 g/mol. The van der Waals surface area contributed by atoms with E-state index in [-0.39, 0.29) is 52.6 Å². The topological polar surface area (TPSA) is 137 Å². The number of sulfonamides is 1. The molecule has 11 nitrogen and oxygen atoms in total. The normalized spacial score (nSPS) is 15.7. The highest BCUT2D eigenvalue weighted by Crippen LogP contribution is 2.34. The lowest BCUT2D eigenvalue weighted by Gasteiger charge is -2.16. The van der Waals surface area contributed by atoms with Gasteiger partial charge < -0.3 is 14.2 Å². The molecule has 1 aromatic heterocycles. The first kappa shape index (κ1) is 25.9. The van der Waals surface area contributed by atoms with E-state index in [1.54, 1.807) is 24.3 Å². The quantitative estimate of drug-likeness (QED) is 0.417. The summed E-state index contributed by atoms with van der Waals surface area (Å²) in [5.41, 5.74) is 0.984. The van der Waals surface area contributed by atoms with Gasteiger partial charge in [0.05, 0.1) is 36.8 Å². The van der Waals surface area contributed by atoms with Crippen LogP contribution in [0.5, 0.6) is 17.6 Å². The van der Waals surface area contributed by atoms with Crippen molar-refractivity contribution in [3.05, 3.63) is 60.2 Å². The number of hydrogen-bond donors (Lipinski definition) is 1. The van der Waals surface area contributed by atoms with Crippen molar-refractivity contribution < 1.29 is 32.2 Å². The molecule has 1 saturated heterocycles. The van der Waals surface area contributed by atoms with Crippen molar-refractivity contribution in [3.8, 4) is 17.6 Å². The van der Waals surface area contributed by atoms with E-state index in [4.69, 9.17) is 14.2 Å². The van der Waals surface area contributed by atoms with E-state index in [0.717, 1.165) is 4.90 Å². The third kappa shape index (κ3) is 5.64. The average Bonchev–Trinajstić information content (AvgIpc) is 3.17. The van der Waals surface area contributed by atoms with Crippen LogP contribution in [0.4, 0.5) is 11.5 Å². The van der Waals surface area contributed by atoms with Gasteiger partial charge in [0.2, 0.25) is 17.7 Å². The molecule has 2 heterocycles. The van der Waals surface area contributed by atoms with Crippen LogP contribution in [0.3, 0.4) is 0 Å². The summed E-state index contributed by atoms with van der Waals surface area (Å²) in [6, 6.07) is 13.7. The van der Waals surface area contributed by atoms with Crippen LogP contribution in [-0.2, 0) is 19.6 Å². The number of carbonyl (C=O) groups is 2. The molecule has 1 N–H and O–H groups in total. The number of anilines is 2. The van der Waals surface area contributed by atoms with Gasteiger partial charge in [0.1, 0.15) is 5.75 Å². The standard InChI is InChI=1S/C25H26N4O7S/c1-15(2)36-18-9-5-16(6-10-18)20-13-23(30)29(24(20)31)17-7-11-19(12-8-17)37(32,33)28-21-14-22(34-3)27-25(26-21)35-4/h5-12,14-15,20H,13H2,1-4H3,(H,26,27,28). The monoisotopic (exact) mass is 526 g/mol. The molecule has 1 unspecified atom stereocenters. The van der Waals surface area contributed by atoms with Gasteiger partial charge in [-0.1, -0.05) is 12.1 Å². The summed E-state index contributed by atoms with van der Waals surface area (Å²) in [5.74, 6) is -0.638. The Labute approximate surface area is 214 Å². The molecule has 2 amide bonds. The van der Waals surface area contributed by atoms with Crippen LogP contribution in [0.2, 0.25) is 0 Å². The number of carbonyl (C=O) groups excluding carboxylic acids is 2. The summed E-state index contributed by atoms with van der Waals surface area (Å²) in [4.78, 5) is 34.7. The molecule has 0 spiro atoms. The van der Waals surface area contributed by atoms with Crippen LogP contribution in [0.1, 0.15) is 31.7 Å². The van der Waals surface area contributed by atoms with Crippen molar-refractivity contribution in [3.63, 3.8) is 0 Å². The molecule has 12 heteroatoms. The summed E-state index contributed by atoms with van der Waals surface area (Å²) in [5, 5.41) is 0. The van der Waals surface area contributed by atoms with Gasteiger partial charge in [-0.15, -0.1) is 0 Å². The van der Waals surface area contributed by atoms with Crippen molar-refractivity contribution in [2.75, 3.05) is 23.8 Å². The number of methoxy groups -OCH3 is 2. The highest BCUT2D eigenvalue weighted by molar-refractivity contribution is 7.92. The lowest BCUT2D eigenvalue weighted by atomic mass is 9.97. The number of imide groups is 1. The van der Waals surface area contributed by atoms with Gasteiger partial charge in [0, 0.05) is 12.5 Å². The number of hydrogen-bond acceptors (Lipinski definition) is 9. The smallest absolute Gasteiger partial charge is 0.321 e. The van der Waals surface area contributed by atoms with Crippen LogP contribution < -0.4 is 23.8 Å². The maximum Gasteiger partial charge on any atom is 0.321 e. The number of nitrogens with one attached hydrogen (secondary N) is 1. The summed E-state index contributed by atoms with van der Waals surface area (Å²) in [6.07, 6.45) is 0.0343. The summed E-state index contributed by atoms with van der Waals surface area (Å²) in [6.45, 7) is 3.84. The second kappa shape index (κ2) is 10.4. The van der Waals surface area contributed by atoms with Gasteiger partial charge >= 0.3 is 6.01 Å². The molecule has 3 aromatic rings. The fourth-order valence-electron chi connectivity index (χ4n) is 3.84. The highest BCUT2D eigenvalue weighted by atomic mass is 32.2. The second-order valence-corrected chi connectivity index (χ2v) is 10.1. The maximum absolute atomic E-state index is 13.1. The van der Waals surface area contributed by atoms with Gasteiger partial charge in [0.25, 0.3) is 10.0 Å². The van der Waals surface area contributed by atoms with Crippen molar-refractivity contribution >= 4 is 33.3 Å². The molecule has 0 saturated carbocycles. The number of rotatable bonds is 9. The molecule has 1 aliphatic heterocycles. The van der Waals surface area contributed by atoms with E-state index in [9.17, 15) is 18.0 Å². The van der Waals surface area contributed by atoms with Gasteiger partial charge in [-0.25, -0.2) is 8.42 Å². The zero-order chi connectivity index (χ0) is 26.7. The highest BCUT2D eigenvalue weighted by Gasteiger charge is 2.40. The van der Waals surface area contributed by atoms with Crippen LogP contribution in [0, 0.1) is 0 Å². The first-order valence-corrected chi connectivity index (χ1v) is 12.8. The Morgan fingerprint density at radius 3 is 2.24 bits per heavy atom. The van der Waals surface area contributed by atoms with Gasteiger partial charge in [-0.05, 0) is 55.8 Å². The van der Waals surface area contributed by atoms with Crippen molar-refractivity contribution in [2.45, 2.75) is 37.2 Å². The van der Waals surface area contributed by atoms with Crippen LogP contribution in [0.15, 0.2) is 59.5 Å². The Bertz CT molecular complexity index is 1390. The SMILES string of the molecule is COc1cc(NS(=O)(=O)c2ccc(N3C(=O)CC(c4ccc(OC(C)C)cc4)C3=O)cc2)nc(OC)n1. The fourth-order valence-corrected chi connectivity index (χ4v) is 4.83. The molecule has 4 rings (SSSR count). The molecule has 0 radical (unpaired) electrons. The Hall–Kier alpha value is -4.19. The number of ether oxygens (including phenoxy) is 3. The van der Waals surface area contributed by atoms with Crippen molar-refractivity contribution in [1.82, 2.24) is 9.97 Å². The minimum Gasteiger partial charge on any atom is -0.491 e. The van der Waals surface area contributed by atoms with E-state index < -0.39 is 15.9 Å². The van der Waals surface area contributed by atoms with Crippen molar-refractivity contribution in [1.29, 1.82) is 0 Å². The molecule has 194 valence electrons. The Morgan fingerprint density at radius 2 is 1.65 bits per heavy atom. The Balaban J connectivity index is 1.51. The summed E-state index contributed by atoms with van der Waals surface area (Å²) in [7, 11) is -1.33. The predicted octanol–water partition coefficient (Wildman–Crippen LogP) is 3.13. The first-order chi connectivity index (χ1) is 17.6. The number of benzene rings is 2. The molecule has 1 fully saturated rings.